The lowest BCUT2D eigenvalue weighted by atomic mass is 10.1. The lowest BCUT2D eigenvalue weighted by molar-refractivity contribution is 0.600. The van der Waals surface area contributed by atoms with Gasteiger partial charge in [-0.05, 0) is 49.2 Å². The first kappa shape index (κ1) is 24.3. The molecule has 3 rings (SSSR count). The van der Waals surface area contributed by atoms with Crippen LogP contribution in [0.25, 0.3) is 5.69 Å². The molecule has 0 radical (unpaired) electrons. The standard InChI is InChI=1S/C19H24N6O2S2.HI/c1-2-21-19(23-14-17-8-9-18(28-17)29(20,26)27)22-12-10-15-4-6-16(7-5-15)25-13-3-11-24-25;/h3-9,11,13H,2,10,12,14H2,1H3,(H2,20,26,27)(H2,21,22,23);1H. The molecule has 0 spiro atoms. The summed E-state index contributed by atoms with van der Waals surface area (Å²) >= 11 is 1.14. The zero-order valence-electron chi connectivity index (χ0n) is 16.5. The van der Waals surface area contributed by atoms with Crippen molar-refractivity contribution in [2.45, 2.75) is 24.1 Å². The third kappa shape index (κ3) is 7.07. The number of aliphatic imine (C=N–C) groups is 1. The highest BCUT2D eigenvalue weighted by molar-refractivity contribution is 14.0. The molecular weight excluding hydrogens is 535 g/mol. The fourth-order valence-electron chi connectivity index (χ4n) is 2.66. The number of primary sulfonamides is 1. The summed E-state index contributed by atoms with van der Waals surface area (Å²) in [5.74, 6) is 0.686. The van der Waals surface area contributed by atoms with Gasteiger partial charge < -0.3 is 10.6 Å². The number of nitrogens with one attached hydrogen (secondary N) is 2. The van der Waals surface area contributed by atoms with Crippen molar-refractivity contribution in [3.63, 3.8) is 0 Å². The van der Waals surface area contributed by atoms with Gasteiger partial charge in [0.2, 0.25) is 10.0 Å². The third-order valence-corrected chi connectivity index (χ3v) is 6.57. The van der Waals surface area contributed by atoms with Gasteiger partial charge in [0.25, 0.3) is 0 Å². The van der Waals surface area contributed by atoms with Gasteiger partial charge in [0.05, 0.1) is 12.2 Å². The van der Waals surface area contributed by atoms with E-state index in [1.807, 2.05) is 36.0 Å². The Balaban J connectivity index is 0.00000320. The number of nitrogens with zero attached hydrogens (tertiary/aromatic N) is 3. The largest absolute Gasteiger partial charge is 0.357 e. The van der Waals surface area contributed by atoms with Crippen molar-refractivity contribution in [2.24, 2.45) is 10.1 Å². The van der Waals surface area contributed by atoms with Crippen molar-refractivity contribution in [2.75, 3.05) is 13.1 Å². The van der Waals surface area contributed by atoms with E-state index in [0.29, 0.717) is 12.5 Å². The van der Waals surface area contributed by atoms with E-state index in [4.69, 9.17) is 5.14 Å². The second-order valence-electron chi connectivity index (χ2n) is 6.25. The summed E-state index contributed by atoms with van der Waals surface area (Å²) in [5, 5.41) is 15.9. The molecule has 30 heavy (non-hydrogen) atoms. The van der Waals surface area contributed by atoms with Crippen molar-refractivity contribution in [1.29, 1.82) is 0 Å². The fraction of sp³-hybridized carbons (Fsp3) is 0.263. The molecule has 0 unspecified atom stereocenters. The molecule has 3 aromatic rings. The molecule has 0 bridgehead atoms. The van der Waals surface area contributed by atoms with Gasteiger partial charge in [-0.15, -0.1) is 35.3 Å². The van der Waals surface area contributed by atoms with Crippen molar-refractivity contribution < 1.29 is 8.42 Å². The number of sulfonamides is 1. The Bertz CT molecular complexity index is 1050. The second kappa shape index (κ2) is 11.4. The van der Waals surface area contributed by atoms with Crippen LogP contribution in [0.15, 0.2) is 64.1 Å². The maximum atomic E-state index is 11.4. The van der Waals surface area contributed by atoms with Crippen molar-refractivity contribution in [3.05, 3.63) is 65.3 Å². The molecule has 0 saturated carbocycles. The number of nitrogens with two attached hydrogens (primary N) is 1. The summed E-state index contributed by atoms with van der Waals surface area (Å²) in [4.78, 5) is 5.35. The van der Waals surface area contributed by atoms with Crippen LogP contribution in [0, 0.1) is 0 Å². The van der Waals surface area contributed by atoms with E-state index < -0.39 is 10.0 Å². The van der Waals surface area contributed by atoms with Crippen molar-refractivity contribution in [3.8, 4) is 5.69 Å². The van der Waals surface area contributed by atoms with Crippen LogP contribution in [0.3, 0.4) is 0 Å². The van der Waals surface area contributed by atoms with Crippen LogP contribution in [-0.4, -0.2) is 37.2 Å². The highest BCUT2D eigenvalue weighted by Gasteiger charge is 2.11. The van der Waals surface area contributed by atoms with Gasteiger partial charge in [-0.3, -0.25) is 0 Å². The molecule has 0 atom stereocenters. The number of rotatable bonds is 8. The maximum Gasteiger partial charge on any atom is 0.247 e. The average Bonchev–Trinajstić information content (AvgIpc) is 3.38. The monoisotopic (exact) mass is 560 g/mol. The number of aromatic nitrogens is 2. The zero-order chi connectivity index (χ0) is 20.7. The smallest absolute Gasteiger partial charge is 0.247 e. The average molecular weight is 560 g/mol. The predicted octanol–water partition coefficient (Wildman–Crippen LogP) is 2.50. The number of hydrogen-bond acceptors (Lipinski definition) is 5. The Hall–Kier alpha value is -1.96. The summed E-state index contributed by atoms with van der Waals surface area (Å²) in [6.45, 7) is 3.83. The van der Waals surface area contributed by atoms with E-state index in [9.17, 15) is 8.42 Å². The lowest BCUT2D eigenvalue weighted by Gasteiger charge is -2.11. The van der Waals surface area contributed by atoms with Crippen LogP contribution in [0.1, 0.15) is 17.4 Å². The van der Waals surface area contributed by atoms with Crippen LogP contribution in [0.4, 0.5) is 0 Å². The normalized spacial score (nSPS) is 11.7. The molecule has 2 heterocycles. The third-order valence-electron chi connectivity index (χ3n) is 4.07. The molecule has 162 valence electrons. The molecule has 0 amide bonds. The first-order valence-electron chi connectivity index (χ1n) is 9.18. The van der Waals surface area contributed by atoms with Gasteiger partial charge in [-0.2, -0.15) is 5.10 Å². The van der Waals surface area contributed by atoms with Crippen LogP contribution in [-0.2, 0) is 23.0 Å². The fourth-order valence-corrected chi connectivity index (χ4v) is 4.36. The van der Waals surface area contributed by atoms with Crippen LogP contribution >= 0.6 is 35.3 Å². The Kier molecular flexibility index (Phi) is 9.27. The minimum absolute atomic E-state index is 0. The maximum absolute atomic E-state index is 11.4. The highest BCUT2D eigenvalue weighted by Crippen LogP contribution is 2.20. The molecule has 11 heteroatoms. The van der Waals surface area contributed by atoms with E-state index in [0.717, 1.165) is 41.4 Å². The molecule has 0 aliphatic heterocycles. The molecule has 8 nitrogen and oxygen atoms in total. The van der Waals surface area contributed by atoms with Gasteiger partial charge in [0.15, 0.2) is 5.96 Å². The molecule has 4 N–H and O–H groups in total. The van der Waals surface area contributed by atoms with E-state index in [1.165, 1.54) is 11.6 Å². The molecule has 0 fully saturated rings. The van der Waals surface area contributed by atoms with Crippen LogP contribution in [0.5, 0.6) is 0 Å². The molecule has 0 aliphatic rings. The Morgan fingerprint density at radius 3 is 2.57 bits per heavy atom. The Labute approximate surface area is 197 Å². The van der Waals surface area contributed by atoms with Gasteiger partial charge in [0, 0.05) is 30.4 Å². The SMILES string of the molecule is CCNC(=NCc1ccc(S(N)(=O)=O)s1)NCCc1ccc(-n2cccn2)cc1.I. The predicted molar refractivity (Wildman–Crippen MR) is 131 cm³/mol. The van der Waals surface area contributed by atoms with Crippen molar-refractivity contribution >= 4 is 51.3 Å². The summed E-state index contributed by atoms with van der Waals surface area (Å²) in [6, 6.07) is 13.4. The molecule has 0 saturated heterocycles. The Morgan fingerprint density at radius 1 is 1.20 bits per heavy atom. The van der Waals surface area contributed by atoms with Gasteiger partial charge in [0.1, 0.15) is 4.21 Å². The zero-order valence-corrected chi connectivity index (χ0v) is 20.4. The number of benzene rings is 1. The van der Waals surface area contributed by atoms with E-state index in [1.54, 1.807) is 12.3 Å². The van der Waals surface area contributed by atoms with E-state index in [-0.39, 0.29) is 28.2 Å². The van der Waals surface area contributed by atoms with E-state index in [2.05, 4.69) is 32.9 Å². The lowest BCUT2D eigenvalue weighted by Crippen LogP contribution is -2.38. The van der Waals surface area contributed by atoms with Gasteiger partial charge >= 0.3 is 0 Å². The quantitative estimate of drug-likeness (QED) is 0.223. The second-order valence-corrected chi connectivity index (χ2v) is 9.21. The van der Waals surface area contributed by atoms with Crippen LogP contribution < -0.4 is 15.8 Å². The minimum Gasteiger partial charge on any atom is -0.357 e. The number of halogens is 1. The minimum atomic E-state index is -3.66. The number of guanidine groups is 1. The summed E-state index contributed by atoms with van der Waals surface area (Å²) in [6.07, 6.45) is 4.51. The topological polar surface area (TPSA) is 114 Å². The molecule has 2 aromatic heterocycles. The number of hydrogen-bond donors (Lipinski definition) is 3. The molecule has 0 aliphatic carbocycles. The van der Waals surface area contributed by atoms with Gasteiger partial charge in [-0.1, -0.05) is 12.1 Å². The van der Waals surface area contributed by atoms with Gasteiger partial charge in [-0.25, -0.2) is 23.2 Å². The summed E-state index contributed by atoms with van der Waals surface area (Å²) < 4.78 is 24.7. The molecule has 1 aromatic carbocycles. The molecular formula is C19H25IN6O2S2. The first-order chi connectivity index (χ1) is 14.0. The van der Waals surface area contributed by atoms with Crippen molar-refractivity contribution in [1.82, 2.24) is 20.4 Å². The number of thiophene rings is 1. The highest BCUT2D eigenvalue weighted by atomic mass is 127. The summed E-state index contributed by atoms with van der Waals surface area (Å²) in [7, 11) is -3.66. The van der Waals surface area contributed by atoms with E-state index >= 15 is 0 Å². The van der Waals surface area contributed by atoms with Crippen LogP contribution in [0.2, 0.25) is 0 Å². The summed E-state index contributed by atoms with van der Waals surface area (Å²) in [5.41, 5.74) is 2.23. The Morgan fingerprint density at radius 2 is 1.97 bits per heavy atom. The first-order valence-corrected chi connectivity index (χ1v) is 11.5.